The molecule has 1 unspecified atom stereocenters. The summed E-state index contributed by atoms with van der Waals surface area (Å²) in [6.45, 7) is 4.17. The number of anilines is 2. The lowest BCUT2D eigenvalue weighted by Crippen LogP contribution is -2.18. The van der Waals surface area contributed by atoms with E-state index < -0.39 is 0 Å². The number of nitrogen functional groups attached to an aromatic ring is 1. The monoisotopic (exact) mass is 191 g/mol. The van der Waals surface area contributed by atoms with Crippen LogP contribution in [0.2, 0.25) is 0 Å². The fourth-order valence-corrected chi connectivity index (χ4v) is 1.57. The van der Waals surface area contributed by atoms with E-state index >= 15 is 0 Å². The maximum Gasteiger partial charge on any atom is 0.128 e. The maximum atomic E-state index is 5.81. The second kappa shape index (κ2) is 3.48. The smallest absolute Gasteiger partial charge is 0.128 e. The van der Waals surface area contributed by atoms with Crippen LogP contribution in [0.3, 0.4) is 0 Å². The van der Waals surface area contributed by atoms with Crippen LogP contribution >= 0.6 is 0 Å². The summed E-state index contributed by atoms with van der Waals surface area (Å²) in [7, 11) is 0. The Hall–Kier alpha value is -1.25. The lowest BCUT2D eigenvalue weighted by Gasteiger charge is -2.14. The third-order valence-electron chi connectivity index (χ3n) is 2.85. The summed E-state index contributed by atoms with van der Waals surface area (Å²) in [5, 5.41) is 3.38. The number of aromatic nitrogens is 1. The number of aryl methyl sites for hydroxylation is 1. The fraction of sp³-hybridized carbons (Fsp3) is 0.545. The van der Waals surface area contributed by atoms with Gasteiger partial charge in [-0.05, 0) is 38.2 Å². The normalized spacial score (nSPS) is 17.9. The summed E-state index contributed by atoms with van der Waals surface area (Å²) < 4.78 is 0. The Morgan fingerprint density at radius 2 is 2.29 bits per heavy atom. The van der Waals surface area contributed by atoms with Crippen LogP contribution in [-0.4, -0.2) is 11.0 Å². The Bertz CT molecular complexity index is 331. The Balaban J connectivity index is 2.04. The van der Waals surface area contributed by atoms with Crippen LogP contribution in [0, 0.1) is 12.8 Å². The summed E-state index contributed by atoms with van der Waals surface area (Å²) in [6.07, 6.45) is 4.50. The highest BCUT2D eigenvalue weighted by molar-refractivity contribution is 5.53. The Kier molecular flexibility index (Phi) is 2.32. The quantitative estimate of drug-likeness (QED) is 0.770. The van der Waals surface area contributed by atoms with E-state index in [1.54, 1.807) is 0 Å². The van der Waals surface area contributed by atoms with E-state index in [9.17, 15) is 0 Å². The first-order valence-corrected chi connectivity index (χ1v) is 5.15. The summed E-state index contributed by atoms with van der Waals surface area (Å²) in [5.74, 6) is 1.73. The van der Waals surface area contributed by atoms with Gasteiger partial charge >= 0.3 is 0 Å². The van der Waals surface area contributed by atoms with E-state index in [1.807, 2.05) is 19.2 Å². The summed E-state index contributed by atoms with van der Waals surface area (Å²) in [6, 6.07) is 2.43. The maximum absolute atomic E-state index is 5.81. The van der Waals surface area contributed by atoms with Crippen molar-refractivity contribution in [1.82, 2.24) is 4.98 Å². The van der Waals surface area contributed by atoms with Crippen molar-refractivity contribution in [2.75, 3.05) is 11.1 Å². The van der Waals surface area contributed by atoms with Crippen molar-refractivity contribution in [2.45, 2.75) is 32.7 Å². The van der Waals surface area contributed by atoms with Gasteiger partial charge in [0.05, 0.1) is 0 Å². The number of hydrogen-bond acceptors (Lipinski definition) is 3. The topological polar surface area (TPSA) is 50.9 Å². The second-order valence-electron chi connectivity index (χ2n) is 4.20. The number of nitrogens with two attached hydrogens (primary N) is 1. The molecule has 3 heteroatoms. The van der Waals surface area contributed by atoms with Gasteiger partial charge in [-0.15, -0.1) is 0 Å². The Labute approximate surface area is 84.7 Å². The molecule has 0 saturated heterocycles. The minimum atomic E-state index is 0.518. The van der Waals surface area contributed by atoms with Crippen LogP contribution < -0.4 is 11.1 Å². The van der Waals surface area contributed by atoms with Crippen molar-refractivity contribution in [1.29, 1.82) is 0 Å². The molecule has 3 nitrogen and oxygen atoms in total. The van der Waals surface area contributed by atoms with E-state index in [-0.39, 0.29) is 0 Å². The molecule has 76 valence electrons. The summed E-state index contributed by atoms with van der Waals surface area (Å²) in [5.41, 5.74) is 7.66. The predicted octanol–water partition coefficient (Wildman–Crippen LogP) is 2.18. The highest BCUT2D eigenvalue weighted by atomic mass is 15.0. The number of nitrogens with one attached hydrogen (secondary N) is 1. The van der Waals surface area contributed by atoms with Crippen LogP contribution in [0.25, 0.3) is 0 Å². The number of hydrogen-bond donors (Lipinski definition) is 2. The SMILES string of the molecule is Cc1cnc(NC(C)C2CC2)cc1N. The zero-order valence-corrected chi connectivity index (χ0v) is 8.75. The van der Waals surface area contributed by atoms with E-state index in [0.29, 0.717) is 6.04 Å². The number of nitrogens with zero attached hydrogens (tertiary/aromatic N) is 1. The fourth-order valence-electron chi connectivity index (χ4n) is 1.57. The van der Waals surface area contributed by atoms with Crippen LogP contribution in [0.1, 0.15) is 25.3 Å². The molecule has 1 aromatic heterocycles. The van der Waals surface area contributed by atoms with Gasteiger partial charge in [-0.1, -0.05) is 0 Å². The summed E-state index contributed by atoms with van der Waals surface area (Å²) in [4.78, 5) is 4.30. The van der Waals surface area contributed by atoms with Crippen molar-refractivity contribution in [2.24, 2.45) is 5.92 Å². The molecule has 1 aliphatic carbocycles. The molecule has 0 bridgehead atoms. The molecule has 14 heavy (non-hydrogen) atoms. The van der Waals surface area contributed by atoms with Crippen LogP contribution in [0.15, 0.2) is 12.3 Å². The molecule has 3 N–H and O–H groups in total. The lowest BCUT2D eigenvalue weighted by molar-refractivity contribution is 0.691. The van der Waals surface area contributed by atoms with Gasteiger partial charge < -0.3 is 11.1 Å². The largest absolute Gasteiger partial charge is 0.398 e. The van der Waals surface area contributed by atoms with E-state index in [4.69, 9.17) is 5.73 Å². The molecule has 0 spiro atoms. The molecule has 1 aliphatic rings. The number of rotatable bonds is 3. The van der Waals surface area contributed by atoms with E-state index in [2.05, 4.69) is 17.2 Å². The summed E-state index contributed by atoms with van der Waals surface area (Å²) >= 11 is 0. The highest BCUT2D eigenvalue weighted by Gasteiger charge is 2.27. The molecule has 0 aliphatic heterocycles. The molecule has 2 rings (SSSR count). The Morgan fingerprint density at radius 1 is 1.57 bits per heavy atom. The first kappa shape index (κ1) is 9.31. The van der Waals surface area contributed by atoms with Crippen molar-refractivity contribution in [3.63, 3.8) is 0 Å². The minimum absolute atomic E-state index is 0.518. The molecular weight excluding hydrogens is 174 g/mol. The molecule has 1 heterocycles. The molecular formula is C11H17N3. The van der Waals surface area contributed by atoms with Crippen LogP contribution in [-0.2, 0) is 0 Å². The average Bonchev–Trinajstić information content (AvgIpc) is 2.94. The van der Waals surface area contributed by atoms with Crippen LogP contribution in [0.5, 0.6) is 0 Å². The van der Waals surface area contributed by atoms with Crippen LogP contribution in [0.4, 0.5) is 11.5 Å². The third-order valence-corrected chi connectivity index (χ3v) is 2.85. The standard InChI is InChI=1S/C11H17N3/c1-7-6-13-11(5-10(7)12)14-8(2)9-3-4-9/h5-6,8-9H,3-4H2,1-2H3,(H3,12,13,14). The minimum Gasteiger partial charge on any atom is -0.398 e. The molecule has 1 saturated carbocycles. The lowest BCUT2D eigenvalue weighted by atomic mass is 10.2. The zero-order chi connectivity index (χ0) is 10.1. The van der Waals surface area contributed by atoms with E-state index in [1.165, 1.54) is 12.8 Å². The van der Waals surface area contributed by atoms with Gasteiger partial charge in [-0.3, -0.25) is 0 Å². The van der Waals surface area contributed by atoms with E-state index in [0.717, 1.165) is 23.0 Å². The molecule has 1 atom stereocenters. The molecule has 0 amide bonds. The van der Waals surface area contributed by atoms with Gasteiger partial charge in [0, 0.05) is 24.0 Å². The zero-order valence-electron chi connectivity index (χ0n) is 8.75. The third kappa shape index (κ3) is 1.97. The Morgan fingerprint density at radius 3 is 2.86 bits per heavy atom. The molecule has 1 aromatic rings. The average molecular weight is 191 g/mol. The molecule has 0 radical (unpaired) electrons. The van der Waals surface area contributed by atoms with Gasteiger partial charge in [0.25, 0.3) is 0 Å². The van der Waals surface area contributed by atoms with Gasteiger partial charge in [-0.25, -0.2) is 4.98 Å². The number of pyridine rings is 1. The first-order chi connectivity index (χ1) is 6.66. The first-order valence-electron chi connectivity index (χ1n) is 5.15. The molecule has 0 aromatic carbocycles. The van der Waals surface area contributed by atoms with Gasteiger partial charge in [0.2, 0.25) is 0 Å². The second-order valence-corrected chi connectivity index (χ2v) is 4.20. The van der Waals surface area contributed by atoms with Crippen molar-refractivity contribution in [3.8, 4) is 0 Å². The van der Waals surface area contributed by atoms with Crippen molar-refractivity contribution in [3.05, 3.63) is 17.8 Å². The van der Waals surface area contributed by atoms with Gasteiger partial charge in [-0.2, -0.15) is 0 Å². The van der Waals surface area contributed by atoms with Gasteiger partial charge in [0.1, 0.15) is 5.82 Å². The molecule has 1 fully saturated rings. The van der Waals surface area contributed by atoms with Crippen molar-refractivity contribution >= 4 is 11.5 Å². The predicted molar refractivity (Wildman–Crippen MR) is 59.2 cm³/mol. The highest BCUT2D eigenvalue weighted by Crippen LogP contribution is 2.33. The van der Waals surface area contributed by atoms with Gasteiger partial charge in [0.15, 0.2) is 0 Å². The van der Waals surface area contributed by atoms with Crippen molar-refractivity contribution < 1.29 is 0 Å².